The minimum atomic E-state index is 1.24. The Morgan fingerprint density at radius 1 is 0.205 bits per heavy atom. The van der Waals surface area contributed by atoms with Crippen LogP contribution in [0.4, 0.5) is 0 Å². The van der Waals surface area contributed by atoms with E-state index in [0.717, 1.165) is 0 Å². The molecular formula is C44H28. The van der Waals surface area contributed by atoms with Gasteiger partial charge < -0.3 is 0 Å². The third kappa shape index (κ3) is 3.78. The van der Waals surface area contributed by atoms with Gasteiger partial charge in [-0.2, -0.15) is 0 Å². The Labute approximate surface area is 257 Å². The summed E-state index contributed by atoms with van der Waals surface area (Å²) in [4.78, 5) is 0. The van der Waals surface area contributed by atoms with Crippen molar-refractivity contribution in [2.45, 2.75) is 0 Å². The molecule has 0 fully saturated rings. The van der Waals surface area contributed by atoms with Gasteiger partial charge in [0.25, 0.3) is 0 Å². The first-order chi connectivity index (χ1) is 21.8. The van der Waals surface area contributed by atoms with Gasteiger partial charge in [0.15, 0.2) is 0 Å². The van der Waals surface area contributed by atoms with E-state index in [4.69, 9.17) is 0 Å². The van der Waals surface area contributed by atoms with Crippen LogP contribution in [0, 0.1) is 0 Å². The standard InChI is InChI=1S/C44H28/c1-3-15-31(16-4-1)39-37-21-11-12-22-38(37)43-40(32-17-5-2-6-18-32)41(35-25-23-29-13-7-9-19-33(29)27-35)42(44(39)43)36-26-24-30-14-8-10-20-34(30)28-36/h1-28H. The highest BCUT2D eigenvalue weighted by Crippen LogP contribution is 2.61. The molecule has 0 saturated carbocycles. The summed E-state index contributed by atoms with van der Waals surface area (Å²) in [5.41, 5.74) is 15.4. The molecule has 0 heterocycles. The molecule has 204 valence electrons. The van der Waals surface area contributed by atoms with Crippen LogP contribution in [0.15, 0.2) is 175 Å². The molecule has 0 radical (unpaired) electrons. The first-order valence-corrected chi connectivity index (χ1v) is 15.3. The van der Waals surface area contributed by atoms with Crippen LogP contribution in [0.25, 0.3) is 49.4 Å². The lowest BCUT2D eigenvalue weighted by Gasteiger charge is -2.17. The Morgan fingerprint density at radius 3 is 1.14 bits per heavy atom. The SMILES string of the molecule is c1ccc(C2=C3C(=C(c4ccccc4)c4ccccc43)C(c3ccc4ccccc4c3)=C2c2ccc3ccccc3c2)cc1. The fourth-order valence-corrected chi connectivity index (χ4v) is 7.26. The first kappa shape index (κ1) is 24.8. The Kier molecular flexibility index (Phi) is 5.61. The molecule has 0 atom stereocenters. The van der Waals surface area contributed by atoms with Gasteiger partial charge in [-0.1, -0.05) is 158 Å². The van der Waals surface area contributed by atoms with E-state index < -0.39 is 0 Å². The molecule has 0 aromatic heterocycles. The van der Waals surface area contributed by atoms with Crippen LogP contribution in [0.3, 0.4) is 0 Å². The predicted octanol–water partition coefficient (Wildman–Crippen LogP) is 11.3. The fraction of sp³-hybridized carbons (Fsp3) is 0. The van der Waals surface area contributed by atoms with Crippen molar-refractivity contribution >= 4 is 49.4 Å². The second kappa shape index (κ2) is 9.93. The van der Waals surface area contributed by atoms with Crippen LogP contribution >= 0.6 is 0 Å². The predicted molar refractivity (Wildman–Crippen MR) is 187 cm³/mol. The van der Waals surface area contributed by atoms with Crippen LogP contribution in [0.2, 0.25) is 0 Å². The zero-order valence-electron chi connectivity index (χ0n) is 24.2. The van der Waals surface area contributed by atoms with Crippen LogP contribution in [-0.2, 0) is 0 Å². The van der Waals surface area contributed by atoms with Crippen molar-refractivity contribution in [3.63, 3.8) is 0 Å². The monoisotopic (exact) mass is 556 g/mol. The number of rotatable bonds is 4. The van der Waals surface area contributed by atoms with Crippen molar-refractivity contribution in [1.82, 2.24) is 0 Å². The maximum atomic E-state index is 2.38. The smallest absolute Gasteiger partial charge is 0.000138 e. The molecule has 7 aromatic carbocycles. The largest absolute Gasteiger partial charge is 0.0622 e. The van der Waals surface area contributed by atoms with Crippen LogP contribution in [0.5, 0.6) is 0 Å². The van der Waals surface area contributed by atoms with Gasteiger partial charge in [-0.05, 0) is 100 Å². The molecule has 9 rings (SSSR count). The van der Waals surface area contributed by atoms with Crippen molar-refractivity contribution < 1.29 is 0 Å². The average molecular weight is 557 g/mol. The van der Waals surface area contributed by atoms with Gasteiger partial charge >= 0.3 is 0 Å². The summed E-state index contributed by atoms with van der Waals surface area (Å²) in [6, 6.07) is 62.2. The van der Waals surface area contributed by atoms with E-state index >= 15 is 0 Å². The maximum absolute atomic E-state index is 2.38. The Morgan fingerprint density at radius 2 is 0.591 bits per heavy atom. The average Bonchev–Trinajstić information content (AvgIpc) is 3.61. The van der Waals surface area contributed by atoms with Crippen LogP contribution in [0.1, 0.15) is 33.4 Å². The van der Waals surface area contributed by atoms with Crippen molar-refractivity contribution in [1.29, 1.82) is 0 Å². The van der Waals surface area contributed by atoms with E-state index in [1.807, 2.05) is 0 Å². The highest BCUT2D eigenvalue weighted by molar-refractivity contribution is 6.39. The van der Waals surface area contributed by atoms with Gasteiger partial charge in [-0.15, -0.1) is 0 Å². The maximum Gasteiger partial charge on any atom is -0.000138 e. The van der Waals surface area contributed by atoms with E-state index in [1.54, 1.807) is 0 Å². The van der Waals surface area contributed by atoms with E-state index in [0.29, 0.717) is 0 Å². The molecule has 0 heteroatoms. The molecule has 2 aliphatic rings. The molecular weight excluding hydrogens is 528 g/mol. The summed E-state index contributed by atoms with van der Waals surface area (Å²) in [7, 11) is 0. The lowest BCUT2D eigenvalue weighted by Crippen LogP contribution is -1.96. The summed E-state index contributed by atoms with van der Waals surface area (Å²) in [5.74, 6) is 0. The highest BCUT2D eigenvalue weighted by atomic mass is 14.4. The zero-order valence-corrected chi connectivity index (χ0v) is 24.2. The first-order valence-electron chi connectivity index (χ1n) is 15.3. The van der Waals surface area contributed by atoms with E-state index in [2.05, 4.69) is 170 Å². The van der Waals surface area contributed by atoms with Gasteiger partial charge in [0.2, 0.25) is 0 Å². The minimum Gasteiger partial charge on any atom is -0.0622 e. The number of hydrogen-bond donors (Lipinski definition) is 0. The molecule has 0 N–H and O–H groups in total. The molecule has 0 nitrogen and oxygen atoms in total. The van der Waals surface area contributed by atoms with Crippen molar-refractivity contribution in [2.24, 2.45) is 0 Å². The molecule has 7 aromatic rings. The third-order valence-corrected chi connectivity index (χ3v) is 9.17. The number of allylic oxidation sites excluding steroid dienone is 5. The minimum absolute atomic E-state index is 1.24. The molecule has 0 amide bonds. The highest BCUT2D eigenvalue weighted by Gasteiger charge is 2.39. The topological polar surface area (TPSA) is 0 Å². The van der Waals surface area contributed by atoms with Gasteiger partial charge in [0.05, 0.1) is 0 Å². The van der Waals surface area contributed by atoms with Crippen molar-refractivity contribution in [2.75, 3.05) is 0 Å². The van der Waals surface area contributed by atoms with E-state index in [9.17, 15) is 0 Å². The van der Waals surface area contributed by atoms with E-state index in [1.165, 1.54) is 88.4 Å². The number of benzene rings is 7. The van der Waals surface area contributed by atoms with Crippen LogP contribution in [-0.4, -0.2) is 0 Å². The summed E-state index contributed by atoms with van der Waals surface area (Å²) < 4.78 is 0. The molecule has 0 aliphatic heterocycles. The van der Waals surface area contributed by atoms with Crippen LogP contribution < -0.4 is 0 Å². The Balaban J connectivity index is 1.47. The van der Waals surface area contributed by atoms with Crippen molar-refractivity contribution in [3.8, 4) is 0 Å². The summed E-state index contributed by atoms with van der Waals surface area (Å²) in [6.45, 7) is 0. The quantitative estimate of drug-likeness (QED) is 0.202. The molecule has 0 unspecified atom stereocenters. The zero-order chi connectivity index (χ0) is 29.0. The lowest BCUT2D eigenvalue weighted by atomic mass is 9.85. The second-order valence-electron chi connectivity index (χ2n) is 11.7. The summed E-state index contributed by atoms with van der Waals surface area (Å²) >= 11 is 0. The van der Waals surface area contributed by atoms with Gasteiger partial charge in [0, 0.05) is 0 Å². The fourth-order valence-electron chi connectivity index (χ4n) is 7.26. The molecule has 0 bridgehead atoms. The molecule has 44 heavy (non-hydrogen) atoms. The second-order valence-corrected chi connectivity index (χ2v) is 11.7. The summed E-state index contributed by atoms with van der Waals surface area (Å²) in [5, 5.41) is 5.02. The molecule has 2 aliphatic carbocycles. The van der Waals surface area contributed by atoms with Crippen molar-refractivity contribution in [3.05, 3.63) is 209 Å². The normalized spacial score (nSPS) is 14.1. The summed E-state index contributed by atoms with van der Waals surface area (Å²) in [6.07, 6.45) is 0. The Bertz CT molecular complexity index is 2350. The Hall–Kier alpha value is -5.72. The van der Waals surface area contributed by atoms with Gasteiger partial charge in [0.1, 0.15) is 0 Å². The number of hydrogen-bond acceptors (Lipinski definition) is 0. The molecule has 0 saturated heterocycles. The van der Waals surface area contributed by atoms with Gasteiger partial charge in [-0.3, -0.25) is 0 Å². The number of fused-ring (bicyclic) bond motifs is 5. The van der Waals surface area contributed by atoms with Gasteiger partial charge in [-0.25, -0.2) is 0 Å². The van der Waals surface area contributed by atoms with E-state index in [-0.39, 0.29) is 0 Å². The molecule has 0 spiro atoms. The lowest BCUT2D eigenvalue weighted by molar-refractivity contribution is 1.54. The third-order valence-electron chi connectivity index (χ3n) is 9.17.